The number of aliphatic hydroxyl groups excluding tert-OH is 1. The second-order valence-corrected chi connectivity index (χ2v) is 5.55. The molecule has 1 aromatic rings. The molecule has 1 saturated heterocycles. The van der Waals surface area contributed by atoms with E-state index < -0.39 is 49.9 Å². The summed E-state index contributed by atoms with van der Waals surface area (Å²) < 4.78 is 21.4. The van der Waals surface area contributed by atoms with Gasteiger partial charge in [-0.1, -0.05) is 0 Å². The number of phosphoric ester groups is 1. The zero-order valence-corrected chi connectivity index (χ0v) is 11.3. The van der Waals surface area contributed by atoms with Crippen molar-refractivity contribution < 1.29 is 33.8 Å². The van der Waals surface area contributed by atoms with Gasteiger partial charge in [0.2, 0.25) is 0 Å². The summed E-state index contributed by atoms with van der Waals surface area (Å²) in [7, 11) is -4.80. The van der Waals surface area contributed by atoms with Crippen molar-refractivity contribution in [1.29, 1.82) is 0 Å². The van der Waals surface area contributed by atoms with Crippen LogP contribution in [0.25, 0.3) is 0 Å². The topological polar surface area (TPSA) is 171 Å². The van der Waals surface area contributed by atoms with Gasteiger partial charge in [-0.25, -0.2) is 9.36 Å². The van der Waals surface area contributed by atoms with Gasteiger partial charge in [0, 0.05) is 6.42 Å². The highest BCUT2D eigenvalue weighted by atomic mass is 31.2. The quantitative estimate of drug-likeness (QED) is 0.393. The summed E-state index contributed by atoms with van der Waals surface area (Å²) in [6.45, 7) is -0.592. The smallest absolute Gasteiger partial charge is 0.469 e. The lowest BCUT2D eigenvalue weighted by molar-refractivity contribution is -0.0454. The average Bonchev–Trinajstić information content (AvgIpc) is 2.74. The number of ether oxygens (including phenoxy) is 1. The van der Waals surface area contributed by atoms with Gasteiger partial charge in [0.05, 0.1) is 12.8 Å². The third kappa shape index (κ3) is 3.59. The molecule has 0 radical (unpaired) electrons. The van der Waals surface area contributed by atoms with Crippen molar-refractivity contribution in [2.75, 3.05) is 6.61 Å². The first-order valence-corrected chi connectivity index (χ1v) is 7.29. The Morgan fingerprint density at radius 3 is 2.71 bits per heavy atom. The van der Waals surface area contributed by atoms with E-state index in [1.807, 2.05) is 4.98 Å². The molecule has 0 aromatic carbocycles. The Hall–Kier alpha value is -1.49. The minimum Gasteiger partial charge on any atom is -0.502 e. The van der Waals surface area contributed by atoms with Crippen LogP contribution >= 0.6 is 7.82 Å². The Balaban J connectivity index is 2.27. The second kappa shape index (κ2) is 5.72. The summed E-state index contributed by atoms with van der Waals surface area (Å²) in [5, 5.41) is 18.4. The Morgan fingerprint density at radius 2 is 2.14 bits per heavy atom. The lowest BCUT2D eigenvalue weighted by Crippen LogP contribution is -2.32. The molecule has 1 fully saturated rings. The number of nitrogens with zero attached hydrogens (tertiary/aromatic N) is 1. The normalized spacial score (nSPS) is 26.1. The SMILES string of the molecule is O=c1[nH]c(=O)n([C@H]2C[C@H](OP(=O)(O)O)[C@@H](CO)O2)cc1O. The van der Waals surface area contributed by atoms with Gasteiger partial charge in [-0.3, -0.25) is 18.9 Å². The van der Waals surface area contributed by atoms with E-state index in [9.17, 15) is 19.3 Å². The molecular weight excluding hydrogens is 311 g/mol. The number of H-pyrrole nitrogens is 1. The van der Waals surface area contributed by atoms with Crippen LogP contribution in [0.5, 0.6) is 5.75 Å². The average molecular weight is 324 g/mol. The highest BCUT2D eigenvalue weighted by Crippen LogP contribution is 2.43. The highest BCUT2D eigenvalue weighted by molar-refractivity contribution is 7.46. The molecule has 1 aliphatic heterocycles. The van der Waals surface area contributed by atoms with Crippen LogP contribution in [-0.2, 0) is 13.8 Å². The number of aliphatic hydroxyl groups is 1. The van der Waals surface area contributed by atoms with Crippen LogP contribution in [0, 0.1) is 0 Å². The maximum Gasteiger partial charge on any atom is 0.469 e. The summed E-state index contributed by atoms with van der Waals surface area (Å²) in [6.07, 6.45) is -2.61. The van der Waals surface area contributed by atoms with Gasteiger partial charge >= 0.3 is 13.5 Å². The Kier molecular flexibility index (Phi) is 4.33. The standard InChI is InChI=1S/C9H13N2O9P/c12-3-6-5(20-21(16,17)18)1-7(19-6)11-2-4(13)8(14)10-9(11)15/h2,5-7,12-13H,1,3H2,(H,10,14,15)(H2,16,17,18)/t5-,6+,7+/m0/s1. The van der Waals surface area contributed by atoms with Gasteiger partial charge < -0.3 is 24.7 Å². The van der Waals surface area contributed by atoms with Gasteiger partial charge in [-0.2, -0.15) is 0 Å². The maximum absolute atomic E-state index is 11.6. The molecule has 0 aliphatic carbocycles. The molecule has 11 nitrogen and oxygen atoms in total. The third-order valence-corrected chi connectivity index (χ3v) is 3.44. The number of aromatic nitrogens is 2. The molecule has 0 amide bonds. The fraction of sp³-hybridized carbons (Fsp3) is 0.556. The number of hydrogen-bond acceptors (Lipinski definition) is 7. The van der Waals surface area contributed by atoms with Crippen molar-refractivity contribution in [3.8, 4) is 5.75 Å². The van der Waals surface area contributed by atoms with Crippen LogP contribution in [-0.4, -0.2) is 48.4 Å². The molecule has 118 valence electrons. The fourth-order valence-electron chi connectivity index (χ4n) is 2.01. The monoisotopic (exact) mass is 324 g/mol. The number of rotatable bonds is 4. The van der Waals surface area contributed by atoms with Crippen LogP contribution in [0.4, 0.5) is 0 Å². The first-order valence-electron chi connectivity index (χ1n) is 5.76. The molecule has 21 heavy (non-hydrogen) atoms. The first-order chi connectivity index (χ1) is 9.71. The van der Waals surface area contributed by atoms with E-state index in [-0.39, 0.29) is 6.42 Å². The van der Waals surface area contributed by atoms with Crippen LogP contribution < -0.4 is 11.2 Å². The molecule has 2 heterocycles. The summed E-state index contributed by atoms with van der Waals surface area (Å²) in [4.78, 5) is 42.1. The van der Waals surface area contributed by atoms with Crippen molar-refractivity contribution in [3.05, 3.63) is 27.0 Å². The molecular formula is C9H13N2O9P. The van der Waals surface area contributed by atoms with Crippen molar-refractivity contribution in [1.82, 2.24) is 9.55 Å². The predicted molar refractivity (Wildman–Crippen MR) is 65.5 cm³/mol. The minimum atomic E-state index is -4.80. The fourth-order valence-corrected chi connectivity index (χ4v) is 2.59. The molecule has 0 unspecified atom stereocenters. The molecule has 1 aliphatic rings. The molecule has 2 rings (SSSR count). The van der Waals surface area contributed by atoms with Crippen LogP contribution in [0.1, 0.15) is 12.6 Å². The van der Waals surface area contributed by atoms with Gasteiger partial charge in [-0.05, 0) is 0 Å². The van der Waals surface area contributed by atoms with E-state index >= 15 is 0 Å². The molecule has 0 bridgehead atoms. The third-order valence-electron chi connectivity index (χ3n) is 2.89. The van der Waals surface area contributed by atoms with E-state index in [1.165, 1.54) is 0 Å². The van der Waals surface area contributed by atoms with Crippen molar-refractivity contribution >= 4 is 7.82 Å². The van der Waals surface area contributed by atoms with Crippen molar-refractivity contribution in [3.63, 3.8) is 0 Å². The lowest BCUT2D eigenvalue weighted by atomic mass is 10.2. The Morgan fingerprint density at radius 1 is 1.48 bits per heavy atom. The van der Waals surface area contributed by atoms with Gasteiger partial charge in [0.1, 0.15) is 18.4 Å². The Labute approximate surface area is 116 Å². The molecule has 0 saturated carbocycles. The van der Waals surface area contributed by atoms with E-state index in [2.05, 4.69) is 4.52 Å². The number of phosphoric acid groups is 1. The zero-order chi connectivity index (χ0) is 15.8. The zero-order valence-electron chi connectivity index (χ0n) is 10.4. The largest absolute Gasteiger partial charge is 0.502 e. The summed E-state index contributed by atoms with van der Waals surface area (Å²) in [6, 6.07) is 0. The molecule has 3 atom stereocenters. The molecule has 0 spiro atoms. The summed E-state index contributed by atoms with van der Waals surface area (Å²) in [5.41, 5.74) is -1.85. The number of hydrogen-bond donors (Lipinski definition) is 5. The van der Waals surface area contributed by atoms with Crippen molar-refractivity contribution in [2.45, 2.75) is 24.9 Å². The van der Waals surface area contributed by atoms with Crippen LogP contribution in [0.3, 0.4) is 0 Å². The summed E-state index contributed by atoms with van der Waals surface area (Å²) >= 11 is 0. The first kappa shape index (κ1) is 15.9. The van der Waals surface area contributed by atoms with Gasteiger partial charge in [0.25, 0.3) is 5.56 Å². The molecule has 1 aromatic heterocycles. The Bertz CT molecular complexity index is 677. The molecule has 5 N–H and O–H groups in total. The second-order valence-electron chi connectivity index (χ2n) is 4.36. The van der Waals surface area contributed by atoms with E-state index in [0.29, 0.717) is 0 Å². The lowest BCUT2D eigenvalue weighted by Gasteiger charge is -2.16. The summed E-state index contributed by atoms with van der Waals surface area (Å²) in [5.74, 6) is -0.724. The van der Waals surface area contributed by atoms with Crippen molar-refractivity contribution in [2.24, 2.45) is 0 Å². The number of aromatic hydroxyl groups is 1. The van der Waals surface area contributed by atoms with Gasteiger partial charge in [0.15, 0.2) is 5.75 Å². The predicted octanol–water partition coefficient (Wildman–Crippen LogP) is -2.00. The molecule has 12 heteroatoms. The number of aromatic amines is 1. The van der Waals surface area contributed by atoms with Crippen LogP contribution in [0.2, 0.25) is 0 Å². The number of nitrogens with one attached hydrogen (secondary N) is 1. The maximum atomic E-state index is 11.6. The van der Waals surface area contributed by atoms with E-state index in [1.54, 1.807) is 0 Å². The van der Waals surface area contributed by atoms with E-state index in [4.69, 9.17) is 19.6 Å². The van der Waals surface area contributed by atoms with Gasteiger partial charge in [-0.15, -0.1) is 0 Å². The van der Waals surface area contributed by atoms with Crippen LogP contribution in [0.15, 0.2) is 15.8 Å². The minimum absolute atomic E-state index is 0.165. The van der Waals surface area contributed by atoms with E-state index in [0.717, 1.165) is 10.8 Å². The highest BCUT2D eigenvalue weighted by Gasteiger charge is 2.40.